The standard InChI is InChI=1S/C21H22F3N3O3/c1-2-27(17-12-13-26(14-17)19(28)15-6-4-3-5-7-15)20(29)25-16-8-10-18(11-9-16)30-21(22,23)24/h3-11,17H,2,12-14H2,1H3,(H,25,29). The molecule has 0 saturated carbocycles. The zero-order valence-corrected chi connectivity index (χ0v) is 16.4. The highest BCUT2D eigenvalue weighted by molar-refractivity contribution is 5.94. The lowest BCUT2D eigenvalue weighted by molar-refractivity contribution is -0.274. The van der Waals surface area contributed by atoms with Gasteiger partial charge in [-0.15, -0.1) is 13.2 Å². The van der Waals surface area contributed by atoms with E-state index < -0.39 is 6.36 Å². The molecule has 0 spiro atoms. The van der Waals surface area contributed by atoms with E-state index in [4.69, 9.17) is 0 Å². The van der Waals surface area contributed by atoms with Crippen molar-refractivity contribution in [3.63, 3.8) is 0 Å². The lowest BCUT2D eigenvalue weighted by atomic mass is 10.2. The summed E-state index contributed by atoms with van der Waals surface area (Å²) < 4.78 is 40.6. The van der Waals surface area contributed by atoms with Gasteiger partial charge in [-0.2, -0.15) is 0 Å². The molecular weight excluding hydrogens is 399 g/mol. The van der Waals surface area contributed by atoms with Crippen LogP contribution in [0.2, 0.25) is 0 Å². The predicted molar refractivity (Wildman–Crippen MR) is 105 cm³/mol. The average Bonchev–Trinajstić information content (AvgIpc) is 3.19. The summed E-state index contributed by atoms with van der Waals surface area (Å²) in [5, 5.41) is 2.68. The molecule has 1 fully saturated rings. The number of nitrogens with zero attached hydrogens (tertiary/aromatic N) is 2. The number of hydrogen-bond donors (Lipinski definition) is 1. The molecule has 1 aliphatic heterocycles. The number of likely N-dealkylation sites (tertiary alicyclic amines) is 1. The van der Waals surface area contributed by atoms with Gasteiger partial charge in [-0.3, -0.25) is 4.79 Å². The highest BCUT2D eigenvalue weighted by Crippen LogP contribution is 2.24. The van der Waals surface area contributed by atoms with Crippen LogP contribution in [0.5, 0.6) is 5.75 Å². The van der Waals surface area contributed by atoms with Gasteiger partial charge in [-0.25, -0.2) is 4.79 Å². The largest absolute Gasteiger partial charge is 0.573 e. The molecule has 6 nitrogen and oxygen atoms in total. The number of alkyl halides is 3. The van der Waals surface area contributed by atoms with Gasteiger partial charge in [0.05, 0.1) is 6.04 Å². The van der Waals surface area contributed by atoms with Crippen LogP contribution in [0, 0.1) is 0 Å². The number of likely N-dealkylation sites (N-methyl/N-ethyl adjacent to an activating group) is 1. The van der Waals surface area contributed by atoms with E-state index in [1.54, 1.807) is 34.1 Å². The summed E-state index contributed by atoms with van der Waals surface area (Å²) in [6.45, 7) is 3.24. The van der Waals surface area contributed by atoms with E-state index in [1.165, 1.54) is 12.1 Å². The second-order valence-corrected chi connectivity index (χ2v) is 6.85. The lowest BCUT2D eigenvalue weighted by Gasteiger charge is -2.28. The van der Waals surface area contributed by atoms with E-state index in [-0.39, 0.29) is 23.7 Å². The molecule has 0 bridgehead atoms. The number of benzene rings is 2. The zero-order valence-electron chi connectivity index (χ0n) is 16.4. The van der Waals surface area contributed by atoms with Crippen molar-refractivity contribution in [2.24, 2.45) is 0 Å². The van der Waals surface area contributed by atoms with E-state index in [2.05, 4.69) is 10.1 Å². The number of carbonyl (C=O) groups excluding carboxylic acids is 2. The Bertz CT molecular complexity index is 873. The fourth-order valence-corrected chi connectivity index (χ4v) is 3.45. The molecule has 2 aromatic carbocycles. The molecule has 1 N–H and O–H groups in total. The summed E-state index contributed by atoms with van der Waals surface area (Å²) in [7, 11) is 0. The van der Waals surface area contributed by atoms with Crippen LogP contribution >= 0.6 is 0 Å². The van der Waals surface area contributed by atoms with Gasteiger partial charge in [0.2, 0.25) is 0 Å². The Morgan fingerprint density at radius 2 is 1.80 bits per heavy atom. The lowest BCUT2D eigenvalue weighted by Crippen LogP contribution is -2.44. The van der Waals surface area contributed by atoms with Crippen molar-refractivity contribution >= 4 is 17.6 Å². The molecule has 3 rings (SSSR count). The maximum atomic E-state index is 12.7. The predicted octanol–water partition coefficient (Wildman–Crippen LogP) is 4.35. The van der Waals surface area contributed by atoms with Gasteiger partial charge in [0.15, 0.2) is 0 Å². The first-order valence-electron chi connectivity index (χ1n) is 9.54. The van der Waals surface area contributed by atoms with Crippen molar-refractivity contribution < 1.29 is 27.5 Å². The van der Waals surface area contributed by atoms with E-state index >= 15 is 0 Å². The SMILES string of the molecule is CCN(C(=O)Nc1ccc(OC(F)(F)F)cc1)C1CCN(C(=O)c2ccccc2)C1. The van der Waals surface area contributed by atoms with Gasteiger partial charge in [-0.1, -0.05) is 18.2 Å². The summed E-state index contributed by atoms with van der Waals surface area (Å²) in [6.07, 6.45) is -4.12. The number of hydrogen-bond acceptors (Lipinski definition) is 3. The number of nitrogens with one attached hydrogen (secondary N) is 1. The third kappa shape index (κ3) is 5.43. The molecule has 1 saturated heterocycles. The first-order chi connectivity index (χ1) is 14.3. The van der Waals surface area contributed by atoms with Crippen LogP contribution in [0.4, 0.5) is 23.7 Å². The average molecular weight is 421 g/mol. The van der Waals surface area contributed by atoms with Crippen LogP contribution in [-0.2, 0) is 0 Å². The maximum Gasteiger partial charge on any atom is 0.573 e. The Kier molecular flexibility index (Phi) is 6.49. The summed E-state index contributed by atoms with van der Waals surface area (Å²) in [5.74, 6) is -0.437. The van der Waals surface area contributed by atoms with E-state index in [0.717, 1.165) is 12.1 Å². The van der Waals surface area contributed by atoms with Crippen LogP contribution < -0.4 is 10.1 Å². The number of carbonyl (C=O) groups is 2. The Labute approximate surface area is 172 Å². The van der Waals surface area contributed by atoms with Crippen LogP contribution in [0.1, 0.15) is 23.7 Å². The molecule has 3 amide bonds. The first kappa shape index (κ1) is 21.5. The van der Waals surface area contributed by atoms with Gasteiger partial charge in [0.1, 0.15) is 5.75 Å². The van der Waals surface area contributed by atoms with Crippen molar-refractivity contribution in [1.82, 2.24) is 9.80 Å². The fraction of sp³-hybridized carbons (Fsp3) is 0.333. The molecule has 0 aliphatic carbocycles. The minimum atomic E-state index is -4.77. The third-order valence-electron chi connectivity index (χ3n) is 4.85. The monoisotopic (exact) mass is 421 g/mol. The minimum Gasteiger partial charge on any atom is -0.406 e. The third-order valence-corrected chi connectivity index (χ3v) is 4.85. The van der Waals surface area contributed by atoms with Crippen LogP contribution in [0.25, 0.3) is 0 Å². The molecule has 1 atom stereocenters. The van der Waals surface area contributed by atoms with E-state index in [0.29, 0.717) is 37.3 Å². The van der Waals surface area contributed by atoms with Gasteiger partial charge < -0.3 is 19.9 Å². The van der Waals surface area contributed by atoms with Crippen molar-refractivity contribution in [2.75, 3.05) is 25.0 Å². The van der Waals surface area contributed by atoms with Gasteiger partial charge in [0.25, 0.3) is 5.91 Å². The number of halogens is 3. The van der Waals surface area contributed by atoms with Crippen LogP contribution in [0.3, 0.4) is 0 Å². The molecule has 2 aromatic rings. The number of ether oxygens (including phenoxy) is 1. The molecule has 0 radical (unpaired) electrons. The van der Waals surface area contributed by atoms with Gasteiger partial charge in [-0.05, 0) is 49.7 Å². The number of amides is 3. The fourth-order valence-electron chi connectivity index (χ4n) is 3.45. The van der Waals surface area contributed by atoms with Gasteiger partial charge >= 0.3 is 12.4 Å². The van der Waals surface area contributed by atoms with Crippen LogP contribution in [0.15, 0.2) is 54.6 Å². The molecule has 0 aromatic heterocycles. The summed E-state index contributed by atoms with van der Waals surface area (Å²) in [5.41, 5.74) is 0.954. The van der Waals surface area contributed by atoms with Crippen molar-refractivity contribution in [2.45, 2.75) is 25.7 Å². The maximum absolute atomic E-state index is 12.7. The summed E-state index contributed by atoms with van der Waals surface area (Å²) in [6, 6.07) is 13.4. The second kappa shape index (κ2) is 9.06. The highest BCUT2D eigenvalue weighted by Gasteiger charge is 2.33. The highest BCUT2D eigenvalue weighted by atomic mass is 19.4. The summed E-state index contributed by atoms with van der Waals surface area (Å²) >= 11 is 0. The molecule has 9 heteroatoms. The number of rotatable bonds is 5. The zero-order chi connectivity index (χ0) is 21.7. The molecule has 1 heterocycles. The smallest absolute Gasteiger partial charge is 0.406 e. The normalized spacial score (nSPS) is 16.3. The van der Waals surface area contributed by atoms with Gasteiger partial charge in [0, 0.05) is 30.9 Å². The Morgan fingerprint density at radius 1 is 1.13 bits per heavy atom. The molecular formula is C21H22F3N3O3. The minimum absolute atomic E-state index is 0.0742. The second-order valence-electron chi connectivity index (χ2n) is 6.85. The molecule has 160 valence electrons. The number of anilines is 1. The van der Waals surface area contributed by atoms with Crippen molar-refractivity contribution in [1.29, 1.82) is 0 Å². The molecule has 1 aliphatic rings. The first-order valence-corrected chi connectivity index (χ1v) is 9.54. The topological polar surface area (TPSA) is 61.9 Å². The summed E-state index contributed by atoms with van der Waals surface area (Å²) in [4.78, 5) is 28.6. The van der Waals surface area contributed by atoms with E-state index in [9.17, 15) is 22.8 Å². The number of urea groups is 1. The van der Waals surface area contributed by atoms with Crippen LogP contribution in [-0.4, -0.2) is 53.8 Å². The Morgan fingerprint density at radius 3 is 2.40 bits per heavy atom. The Balaban J connectivity index is 1.59. The molecule has 30 heavy (non-hydrogen) atoms. The quantitative estimate of drug-likeness (QED) is 0.781. The van der Waals surface area contributed by atoms with E-state index in [1.807, 2.05) is 13.0 Å². The Hall–Kier alpha value is -3.23. The van der Waals surface area contributed by atoms with Crippen molar-refractivity contribution in [3.05, 3.63) is 60.2 Å². The molecule has 1 unspecified atom stereocenters. The van der Waals surface area contributed by atoms with Crippen molar-refractivity contribution in [3.8, 4) is 5.75 Å².